The first-order valence-electron chi connectivity index (χ1n) is 6.48. The summed E-state index contributed by atoms with van der Waals surface area (Å²) >= 11 is 9.19. The third-order valence-corrected chi connectivity index (χ3v) is 3.73. The Balaban J connectivity index is 1.90. The van der Waals surface area contributed by atoms with Crippen molar-refractivity contribution >= 4 is 39.7 Å². The van der Waals surface area contributed by atoms with Crippen LogP contribution in [0.15, 0.2) is 52.0 Å². The summed E-state index contributed by atoms with van der Waals surface area (Å²) < 4.78 is 5.97. The van der Waals surface area contributed by atoms with Gasteiger partial charge < -0.3 is 4.74 Å². The van der Waals surface area contributed by atoms with Gasteiger partial charge in [-0.25, -0.2) is 5.43 Å². The molecule has 0 saturated carbocycles. The minimum atomic E-state index is -0.189. The van der Waals surface area contributed by atoms with E-state index in [0.717, 1.165) is 21.3 Å². The zero-order valence-corrected chi connectivity index (χ0v) is 14.2. The highest BCUT2D eigenvalue weighted by molar-refractivity contribution is 9.10. The van der Waals surface area contributed by atoms with Crippen LogP contribution < -0.4 is 10.2 Å². The second kappa shape index (κ2) is 7.96. The Morgan fingerprint density at radius 3 is 2.68 bits per heavy atom. The molecule has 0 fully saturated rings. The highest BCUT2D eigenvalue weighted by atomic mass is 79.9. The average Bonchev–Trinajstić information content (AvgIpc) is 2.50. The van der Waals surface area contributed by atoms with Gasteiger partial charge in [-0.05, 0) is 57.4 Å². The Morgan fingerprint density at radius 1 is 1.32 bits per heavy atom. The summed E-state index contributed by atoms with van der Waals surface area (Å²) in [5, 5.41) is 4.59. The third kappa shape index (κ3) is 4.86. The summed E-state index contributed by atoms with van der Waals surface area (Å²) in [6.45, 7) is 0. The molecule has 2 aromatic carbocycles. The molecule has 0 spiro atoms. The van der Waals surface area contributed by atoms with Gasteiger partial charge in [0, 0.05) is 5.02 Å². The van der Waals surface area contributed by atoms with Gasteiger partial charge in [0.25, 0.3) is 0 Å². The van der Waals surface area contributed by atoms with Gasteiger partial charge in [-0.15, -0.1) is 0 Å². The molecule has 0 heterocycles. The molecule has 0 bridgehead atoms. The number of methoxy groups -OCH3 is 1. The molecule has 114 valence electrons. The molecule has 0 saturated heterocycles. The second-order valence-corrected chi connectivity index (χ2v) is 5.78. The van der Waals surface area contributed by atoms with Crippen LogP contribution in [-0.2, 0) is 11.2 Å². The monoisotopic (exact) mass is 380 g/mol. The molecule has 0 aromatic heterocycles. The van der Waals surface area contributed by atoms with E-state index < -0.39 is 0 Å². The van der Waals surface area contributed by atoms with Crippen molar-refractivity contribution in [2.75, 3.05) is 7.11 Å². The van der Waals surface area contributed by atoms with Gasteiger partial charge in [-0.1, -0.05) is 23.7 Å². The van der Waals surface area contributed by atoms with E-state index >= 15 is 0 Å². The number of hydrogen-bond acceptors (Lipinski definition) is 3. The number of nitrogens with zero attached hydrogens (tertiary/aromatic N) is 1. The number of halogens is 2. The Bertz CT molecular complexity index is 687. The average molecular weight is 382 g/mol. The van der Waals surface area contributed by atoms with Crippen LogP contribution in [0, 0.1) is 0 Å². The van der Waals surface area contributed by atoms with Crippen molar-refractivity contribution in [3.8, 4) is 5.75 Å². The maximum absolute atomic E-state index is 11.8. The molecule has 22 heavy (non-hydrogen) atoms. The number of hydrogen-bond donors (Lipinski definition) is 1. The van der Waals surface area contributed by atoms with Crippen LogP contribution in [0.2, 0.25) is 5.02 Å². The Morgan fingerprint density at radius 2 is 2.05 bits per heavy atom. The van der Waals surface area contributed by atoms with Crippen LogP contribution in [0.3, 0.4) is 0 Å². The first kappa shape index (κ1) is 16.5. The molecule has 1 amide bonds. The lowest BCUT2D eigenvalue weighted by Gasteiger charge is -2.03. The standard InChI is InChI=1S/C16H14BrClN2O2/c1-22-15-7-4-12(8-14(15)17)10-19-20-16(21)9-11-2-5-13(18)6-3-11/h2-8,10H,9H2,1H3,(H,20,21)/b19-10+. The SMILES string of the molecule is COc1ccc(/C=N/NC(=O)Cc2ccc(Cl)cc2)cc1Br. The van der Waals surface area contributed by atoms with Crippen LogP contribution in [0.4, 0.5) is 0 Å². The fraction of sp³-hybridized carbons (Fsp3) is 0.125. The summed E-state index contributed by atoms with van der Waals surface area (Å²) in [4.78, 5) is 11.8. The predicted molar refractivity (Wildman–Crippen MR) is 91.6 cm³/mol. The maximum atomic E-state index is 11.8. The molecule has 2 aromatic rings. The van der Waals surface area contributed by atoms with Crippen LogP contribution in [-0.4, -0.2) is 19.2 Å². The lowest BCUT2D eigenvalue weighted by Crippen LogP contribution is -2.19. The lowest BCUT2D eigenvalue weighted by molar-refractivity contribution is -0.120. The van der Waals surface area contributed by atoms with Gasteiger partial charge in [0.2, 0.25) is 5.91 Å². The second-order valence-electron chi connectivity index (χ2n) is 4.49. The van der Waals surface area contributed by atoms with Crippen LogP contribution >= 0.6 is 27.5 Å². The van der Waals surface area contributed by atoms with Crippen LogP contribution in [0.25, 0.3) is 0 Å². The molecular formula is C16H14BrClN2O2. The number of benzene rings is 2. The molecule has 4 nitrogen and oxygen atoms in total. The minimum Gasteiger partial charge on any atom is -0.496 e. The van der Waals surface area contributed by atoms with E-state index in [1.165, 1.54) is 0 Å². The Hall–Kier alpha value is -1.85. The zero-order valence-electron chi connectivity index (χ0n) is 11.8. The number of carbonyl (C=O) groups is 1. The van der Waals surface area contributed by atoms with Crippen molar-refractivity contribution in [1.82, 2.24) is 5.43 Å². The Kier molecular flexibility index (Phi) is 5.98. The van der Waals surface area contributed by atoms with Gasteiger partial charge >= 0.3 is 0 Å². The van der Waals surface area contributed by atoms with Crippen molar-refractivity contribution in [1.29, 1.82) is 0 Å². The van der Waals surface area contributed by atoms with Crippen molar-refractivity contribution < 1.29 is 9.53 Å². The minimum absolute atomic E-state index is 0.189. The van der Waals surface area contributed by atoms with Gasteiger partial charge in [-0.3, -0.25) is 4.79 Å². The quantitative estimate of drug-likeness (QED) is 0.632. The summed E-state index contributed by atoms with van der Waals surface area (Å²) in [6.07, 6.45) is 1.82. The summed E-state index contributed by atoms with van der Waals surface area (Å²) in [5.74, 6) is 0.551. The highest BCUT2D eigenvalue weighted by Crippen LogP contribution is 2.24. The fourth-order valence-corrected chi connectivity index (χ4v) is 2.45. The maximum Gasteiger partial charge on any atom is 0.244 e. The molecule has 2 rings (SSSR count). The molecule has 0 unspecified atom stereocenters. The highest BCUT2D eigenvalue weighted by Gasteiger charge is 2.02. The third-order valence-electron chi connectivity index (χ3n) is 2.86. The van der Waals surface area contributed by atoms with E-state index in [4.69, 9.17) is 16.3 Å². The fourth-order valence-electron chi connectivity index (χ4n) is 1.77. The van der Waals surface area contributed by atoms with E-state index in [-0.39, 0.29) is 12.3 Å². The number of carbonyl (C=O) groups excluding carboxylic acids is 1. The molecule has 0 aliphatic heterocycles. The zero-order chi connectivity index (χ0) is 15.9. The number of hydrazone groups is 1. The van der Waals surface area contributed by atoms with E-state index in [1.807, 2.05) is 30.3 Å². The lowest BCUT2D eigenvalue weighted by atomic mass is 10.1. The van der Waals surface area contributed by atoms with Gasteiger partial charge in [0.15, 0.2) is 0 Å². The van der Waals surface area contributed by atoms with E-state index in [1.54, 1.807) is 25.5 Å². The number of nitrogens with one attached hydrogen (secondary N) is 1. The molecule has 6 heteroatoms. The number of ether oxygens (including phenoxy) is 1. The number of rotatable bonds is 5. The van der Waals surface area contributed by atoms with Crippen molar-refractivity contribution in [2.24, 2.45) is 5.10 Å². The molecule has 0 radical (unpaired) electrons. The van der Waals surface area contributed by atoms with E-state index in [2.05, 4.69) is 26.5 Å². The number of amides is 1. The first-order chi connectivity index (χ1) is 10.6. The van der Waals surface area contributed by atoms with Gasteiger partial charge in [0.1, 0.15) is 5.75 Å². The topological polar surface area (TPSA) is 50.7 Å². The largest absolute Gasteiger partial charge is 0.496 e. The molecule has 0 aliphatic rings. The normalized spacial score (nSPS) is 10.7. The van der Waals surface area contributed by atoms with Gasteiger partial charge in [-0.2, -0.15) is 5.10 Å². The molecule has 1 N–H and O–H groups in total. The molecule has 0 aliphatic carbocycles. The van der Waals surface area contributed by atoms with E-state index in [9.17, 15) is 4.79 Å². The Labute approximate surface area is 142 Å². The first-order valence-corrected chi connectivity index (χ1v) is 7.65. The summed E-state index contributed by atoms with van der Waals surface area (Å²) in [5.41, 5.74) is 4.22. The predicted octanol–water partition coefficient (Wildman–Crippen LogP) is 3.80. The summed E-state index contributed by atoms with van der Waals surface area (Å²) in [6, 6.07) is 12.6. The van der Waals surface area contributed by atoms with Crippen LogP contribution in [0.1, 0.15) is 11.1 Å². The smallest absolute Gasteiger partial charge is 0.244 e. The van der Waals surface area contributed by atoms with Gasteiger partial charge in [0.05, 0.1) is 24.2 Å². The summed E-state index contributed by atoms with van der Waals surface area (Å²) in [7, 11) is 1.60. The van der Waals surface area contributed by atoms with E-state index in [0.29, 0.717) is 5.02 Å². The van der Waals surface area contributed by atoms with Crippen molar-refractivity contribution in [2.45, 2.75) is 6.42 Å². The molecular weight excluding hydrogens is 368 g/mol. The van der Waals surface area contributed by atoms with Crippen molar-refractivity contribution in [3.05, 3.63) is 63.1 Å². The molecule has 0 atom stereocenters. The van der Waals surface area contributed by atoms with Crippen LogP contribution in [0.5, 0.6) is 5.75 Å². The van der Waals surface area contributed by atoms with Crippen molar-refractivity contribution in [3.63, 3.8) is 0 Å².